The van der Waals surface area contributed by atoms with Gasteiger partial charge >= 0.3 is 0 Å². The Kier molecular flexibility index (Phi) is 5.63. The molecule has 0 spiro atoms. The van der Waals surface area contributed by atoms with Gasteiger partial charge in [-0.25, -0.2) is 4.98 Å². The Morgan fingerprint density at radius 1 is 1.05 bits per heavy atom. The van der Waals surface area contributed by atoms with Crippen molar-refractivity contribution in [1.29, 1.82) is 0 Å². The third-order valence-electron chi connectivity index (χ3n) is 3.96. The number of fused-ring (bicyclic) bond motifs is 1. The second-order valence-electron chi connectivity index (χ2n) is 6.38. The number of hydrogen-bond acceptors (Lipinski definition) is 1. The molecule has 1 heterocycles. The molecule has 2 rings (SSSR count). The van der Waals surface area contributed by atoms with E-state index in [9.17, 15) is 0 Å². The maximum Gasteiger partial charge on any atom is 0.0958 e. The fourth-order valence-electron chi connectivity index (χ4n) is 2.72. The SMILES string of the molecule is Cc1ccc2c(c1)ncn2CCCCCCCC(C)C. The summed E-state index contributed by atoms with van der Waals surface area (Å²) in [6.45, 7) is 7.84. The highest BCUT2D eigenvalue weighted by atomic mass is 15.0. The van der Waals surface area contributed by atoms with Crippen molar-refractivity contribution in [2.45, 2.75) is 65.8 Å². The fraction of sp³-hybridized carbons (Fsp3) is 0.611. The highest BCUT2D eigenvalue weighted by molar-refractivity contribution is 5.75. The Hall–Kier alpha value is -1.31. The van der Waals surface area contributed by atoms with Crippen molar-refractivity contribution in [3.05, 3.63) is 30.1 Å². The molecule has 0 saturated heterocycles. The molecule has 2 heteroatoms. The Bertz CT molecular complexity index is 525. The lowest BCUT2D eigenvalue weighted by molar-refractivity contribution is 0.506. The second-order valence-corrected chi connectivity index (χ2v) is 6.38. The zero-order chi connectivity index (χ0) is 14.4. The first-order valence-electron chi connectivity index (χ1n) is 8.08. The van der Waals surface area contributed by atoms with Gasteiger partial charge in [0, 0.05) is 6.54 Å². The van der Waals surface area contributed by atoms with E-state index in [-0.39, 0.29) is 0 Å². The predicted octanol–water partition coefficient (Wildman–Crippen LogP) is 5.34. The van der Waals surface area contributed by atoms with Crippen molar-refractivity contribution in [3.63, 3.8) is 0 Å². The molecular formula is C18H28N2. The molecule has 0 radical (unpaired) electrons. The highest BCUT2D eigenvalue weighted by Crippen LogP contribution is 2.16. The van der Waals surface area contributed by atoms with Crippen molar-refractivity contribution in [2.75, 3.05) is 0 Å². The standard InChI is InChI=1S/C18H28N2/c1-15(2)9-7-5-4-6-8-12-20-14-19-17-13-16(3)10-11-18(17)20/h10-11,13-15H,4-9,12H2,1-3H3. The van der Waals surface area contributed by atoms with Gasteiger partial charge in [0.05, 0.1) is 17.4 Å². The zero-order valence-corrected chi connectivity index (χ0v) is 13.2. The summed E-state index contributed by atoms with van der Waals surface area (Å²) in [4.78, 5) is 4.49. The van der Waals surface area contributed by atoms with Crippen molar-refractivity contribution in [2.24, 2.45) is 5.92 Å². The van der Waals surface area contributed by atoms with Gasteiger partial charge in [-0.3, -0.25) is 0 Å². The Balaban J connectivity index is 1.71. The van der Waals surface area contributed by atoms with Crippen LogP contribution in [0.5, 0.6) is 0 Å². The van der Waals surface area contributed by atoms with Gasteiger partial charge in [-0.2, -0.15) is 0 Å². The number of unbranched alkanes of at least 4 members (excludes halogenated alkanes) is 4. The second kappa shape index (κ2) is 7.47. The van der Waals surface area contributed by atoms with Gasteiger partial charge < -0.3 is 4.57 Å². The van der Waals surface area contributed by atoms with E-state index >= 15 is 0 Å². The highest BCUT2D eigenvalue weighted by Gasteiger charge is 2.02. The summed E-state index contributed by atoms with van der Waals surface area (Å²) in [6.07, 6.45) is 10.1. The van der Waals surface area contributed by atoms with Gasteiger partial charge in [-0.15, -0.1) is 0 Å². The maximum atomic E-state index is 4.49. The van der Waals surface area contributed by atoms with Crippen molar-refractivity contribution < 1.29 is 0 Å². The van der Waals surface area contributed by atoms with Crippen LogP contribution in [-0.2, 0) is 6.54 Å². The van der Waals surface area contributed by atoms with E-state index in [0.717, 1.165) is 18.0 Å². The molecule has 2 nitrogen and oxygen atoms in total. The first kappa shape index (κ1) is 15.1. The van der Waals surface area contributed by atoms with Crippen LogP contribution in [-0.4, -0.2) is 9.55 Å². The van der Waals surface area contributed by atoms with Gasteiger partial charge in [0.25, 0.3) is 0 Å². The summed E-state index contributed by atoms with van der Waals surface area (Å²) in [7, 11) is 0. The Morgan fingerprint density at radius 3 is 2.60 bits per heavy atom. The lowest BCUT2D eigenvalue weighted by atomic mass is 10.0. The lowest BCUT2D eigenvalue weighted by Crippen LogP contribution is -1.96. The molecule has 2 aromatic rings. The fourth-order valence-corrected chi connectivity index (χ4v) is 2.72. The predicted molar refractivity (Wildman–Crippen MR) is 87.0 cm³/mol. The number of aromatic nitrogens is 2. The number of imidazole rings is 1. The van der Waals surface area contributed by atoms with E-state index in [0.29, 0.717) is 0 Å². The van der Waals surface area contributed by atoms with Crippen LogP contribution in [0.2, 0.25) is 0 Å². The van der Waals surface area contributed by atoms with Crippen molar-refractivity contribution >= 4 is 11.0 Å². The number of benzene rings is 1. The van der Waals surface area contributed by atoms with Crippen LogP contribution in [0.3, 0.4) is 0 Å². The van der Waals surface area contributed by atoms with Crippen LogP contribution in [0.25, 0.3) is 11.0 Å². The summed E-state index contributed by atoms with van der Waals surface area (Å²) < 4.78 is 2.29. The number of aryl methyl sites for hydroxylation is 2. The Labute approximate surface area is 123 Å². The first-order valence-corrected chi connectivity index (χ1v) is 8.08. The number of rotatable bonds is 8. The molecule has 0 fully saturated rings. The monoisotopic (exact) mass is 272 g/mol. The number of nitrogens with zero attached hydrogens (tertiary/aromatic N) is 2. The molecule has 0 bridgehead atoms. The van der Waals surface area contributed by atoms with E-state index in [1.807, 2.05) is 6.33 Å². The van der Waals surface area contributed by atoms with Gasteiger partial charge in [0.1, 0.15) is 0 Å². The third kappa shape index (κ3) is 4.36. The minimum Gasteiger partial charge on any atom is -0.331 e. The normalized spacial score (nSPS) is 11.6. The lowest BCUT2D eigenvalue weighted by Gasteiger charge is -2.06. The van der Waals surface area contributed by atoms with Crippen LogP contribution in [0, 0.1) is 12.8 Å². The van der Waals surface area contributed by atoms with E-state index in [1.165, 1.54) is 49.6 Å². The van der Waals surface area contributed by atoms with Crippen LogP contribution in [0.1, 0.15) is 57.9 Å². The molecular weight excluding hydrogens is 244 g/mol. The topological polar surface area (TPSA) is 17.8 Å². The maximum absolute atomic E-state index is 4.49. The molecule has 0 atom stereocenters. The molecule has 0 amide bonds. The quantitative estimate of drug-likeness (QED) is 0.593. The summed E-state index contributed by atoms with van der Waals surface area (Å²) in [5, 5.41) is 0. The van der Waals surface area contributed by atoms with Gasteiger partial charge in [0.15, 0.2) is 0 Å². The largest absolute Gasteiger partial charge is 0.331 e. The van der Waals surface area contributed by atoms with Gasteiger partial charge in [-0.05, 0) is 37.0 Å². The van der Waals surface area contributed by atoms with E-state index in [1.54, 1.807) is 0 Å². The first-order chi connectivity index (χ1) is 9.66. The minimum absolute atomic E-state index is 0.857. The molecule has 0 N–H and O–H groups in total. The summed E-state index contributed by atoms with van der Waals surface area (Å²) in [5.41, 5.74) is 3.69. The van der Waals surface area contributed by atoms with E-state index < -0.39 is 0 Å². The molecule has 0 saturated carbocycles. The molecule has 110 valence electrons. The zero-order valence-electron chi connectivity index (χ0n) is 13.2. The van der Waals surface area contributed by atoms with Gasteiger partial charge in [-0.1, -0.05) is 52.0 Å². The van der Waals surface area contributed by atoms with Crippen molar-refractivity contribution in [1.82, 2.24) is 9.55 Å². The molecule has 0 aliphatic rings. The summed E-state index contributed by atoms with van der Waals surface area (Å²) >= 11 is 0. The molecule has 1 aromatic heterocycles. The van der Waals surface area contributed by atoms with Crippen molar-refractivity contribution in [3.8, 4) is 0 Å². The molecule has 0 aliphatic heterocycles. The van der Waals surface area contributed by atoms with Crippen LogP contribution in [0.15, 0.2) is 24.5 Å². The number of hydrogen-bond donors (Lipinski definition) is 0. The molecule has 20 heavy (non-hydrogen) atoms. The van der Waals surface area contributed by atoms with Gasteiger partial charge in [0.2, 0.25) is 0 Å². The summed E-state index contributed by atoms with van der Waals surface area (Å²) in [6, 6.07) is 6.53. The molecule has 0 aliphatic carbocycles. The van der Waals surface area contributed by atoms with E-state index in [4.69, 9.17) is 0 Å². The third-order valence-corrected chi connectivity index (χ3v) is 3.96. The molecule has 0 unspecified atom stereocenters. The summed E-state index contributed by atoms with van der Waals surface area (Å²) in [5.74, 6) is 0.857. The minimum atomic E-state index is 0.857. The average Bonchev–Trinajstić information content (AvgIpc) is 2.79. The Morgan fingerprint density at radius 2 is 1.80 bits per heavy atom. The average molecular weight is 272 g/mol. The van der Waals surface area contributed by atoms with Crippen LogP contribution >= 0.6 is 0 Å². The van der Waals surface area contributed by atoms with Crippen LogP contribution in [0.4, 0.5) is 0 Å². The van der Waals surface area contributed by atoms with Crippen LogP contribution < -0.4 is 0 Å². The smallest absolute Gasteiger partial charge is 0.0958 e. The van der Waals surface area contributed by atoms with E-state index in [2.05, 4.69) is 48.5 Å². The molecule has 1 aromatic carbocycles.